The minimum absolute atomic E-state index is 0.165. The van der Waals surface area contributed by atoms with Gasteiger partial charge < -0.3 is 5.11 Å². The first-order chi connectivity index (χ1) is 7.91. The summed E-state index contributed by atoms with van der Waals surface area (Å²) in [6.45, 7) is 8.51. The summed E-state index contributed by atoms with van der Waals surface area (Å²) >= 11 is 1.91. The normalized spacial score (nSPS) is 15.6. The molecule has 0 saturated carbocycles. The van der Waals surface area contributed by atoms with E-state index in [2.05, 4.69) is 45.0 Å². The van der Waals surface area contributed by atoms with E-state index in [0.29, 0.717) is 5.92 Å². The van der Waals surface area contributed by atoms with Gasteiger partial charge in [-0.2, -0.15) is 11.8 Å². The third-order valence-corrected chi connectivity index (χ3v) is 4.24. The Balaban J connectivity index is 2.43. The summed E-state index contributed by atoms with van der Waals surface area (Å²) in [5.74, 6) is 2.38. The van der Waals surface area contributed by atoms with Gasteiger partial charge in [0.05, 0.1) is 6.10 Å². The molecule has 0 aliphatic rings. The lowest BCUT2D eigenvalue weighted by Gasteiger charge is -2.32. The van der Waals surface area contributed by atoms with Crippen LogP contribution in [0.2, 0.25) is 0 Å². The Labute approximate surface area is 110 Å². The van der Waals surface area contributed by atoms with Crippen LogP contribution in [0.4, 0.5) is 0 Å². The quantitative estimate of drug-likeness (QED) is 0.856. The van der Waals surface area contributed by atoms with Crippen molar-refractivity contribution in [3.05, 3.63) is 35.9 Å². The van der Waals surface area contributed by atoms with Gasteiger partial charge in [-0.15, -0.1) is 0 Å². The lowest BCUT2D eigenvalue weighted by molar-refractivity contribution is 0.0716. The van der Waals surface area contributed by atoms with E-state index in [9.17, 15) is 5.11 Å². The van der Waals surface area contributed by atoms with Crippen LogP contribution in [-0.4, -0.2) is 17.0 Å². The van der Waals surface area contributed by atoms with E-state index in [-0.39, 0.29) is 11.5 Å². The average Bonchev–Trinajstić information content (AvgIpc) is 2.23. The number of benzene rings is 1. The van der Waals surface area contributed by atoms with Gasteiger partial charge in [-0.3, -0.25) is 0 Å². The molecule has 2 atom stereocenters. The van der Waals surface area contributed by atoms with Gasteiger partial charge in [0.15, 0.2) is 0 Å². The van der Waals surface area contributed by atoms with Crippen LogP contribution in [0.1, 0.15) is 33.3 Å². The van der Waals surface area contributed by atoms with Crippen LogP contribution >= 0.6 is 11.8 Å². The minimum Gasteiger partial charge on any atom is -0.393 e. The van der Waals surface area contributed by atoms with Gasteiger partial charge in [0.25, 0.3) is 0 Å². The lowest BCUT2D eigenvalue weighted by Crippen LogP contribution is -2.32. The van der Waals surface area contributed by atoms with Gasteiger partial charge in [-0.05, 0) is 29.6 Å². The topological polar surface area (TPSA) is 20.2 Å². The van der Waals surface area contributed by atoms with Crippen molar-refractivity contribution in [2.75, 3.05) is 5.75 Å². The first-order valence-corrected chi connectivity index (χ1v) is 7.36. The zero-order chi connectivity index (χ0) is 12.9. The zero-order valence-corrected chi connectivity index (χ0v) is 12.1. The Morgan fingerprint density at radius 1 is 1.18 bits per heavy atom. The van der Waals surface area contributed by atoms with Gasteiger partial charge in [0, 0.05) is 5.75 Å². The monoisotopic (exact) mass is 252 g/mol. The third kappa shape index (κ3) is 5.13. The maximum atomic E-state index is 9.83. The first-order valence-electron chi connectivity index (χ1n) is 6.21. The van der Waals surface area contributed by atoms with E-state index in [1.807, 2.05) is 24.8 Å². The molecule has 17 heavy (non-hydrogen) atoms. The van der Waals surface area contributed by atoms with E-state index in [4.69, 9.17) is 0 Å². The number of rotatable bonds is 5. The molecular weight excluding hydrogens is 228 g/mol. The van der Waals surface area contributed by atoms with Crippen molar-refractivity contribution in [1.82, 2.24) is 0 Å². The van der Waals surface area contributed by atoms with Gasteiger partial charge in [-0.1, -0.05) is 51.1 Å². The van der Waals surface area contributed by atoms with Crippen LogP contribution in [0.3, 0.4) is 0 Å². The van der Waals surface area contributed by atoms with Crippen molar-refractivity contribution >= 4 is 11.8 Å². The van der Waals surface area contributed by atoms with Crippen LogP contribution in [0, 0.1) is 11.3 Å². The van der Waals surface area contributed by atoms with E-state index in [1.54, 1.807) is 0 Å². The molecule has 1 nitrogen and oxygen atoms in total. The summed E-state index contributed by atoms with van der Waals surface area (Å²) in [4.78, 5) is 0. The van der Waals surface area contributed by atoms with Crippen molar-refractivity contribution in [3.63, 3.8) is 0 Å². The van der Waals surface area contributed by atoms with Gasteiger partial charge in [0.2, 0.25) is 0 Å². The smallest absolute Gasteiger partial charge is 0.0553 e. The molecular formula is C15H24OS. The highest BCUT2D eigenvalue weighted by Gasteiger charge is 2.28. The molecule has 96 valence electrons. The molecule has 0 aromatic heterocycles. The van der Waals surface area contributed by atoms with Gasteiger partial charge in [-0.25, -0.2) is 0 Å². The fourth-order valence-corrected chi connectivity index (χ4v) is 3.57. The van der Waals surface area contributed by atoms with Crippen LogP contribution < -0.4 is 0 Å². The maximum Gasteiger partial charge on any atom is 0.0553 e. The molecule has 0 saturated heterocycles. The number of aliphatic hydroxyl groups excluding tert-OH is 1. The standard InChI is InChI=1S/C15H24OS/c1-12(16)14(15(2,3)4)11-17-10-13-8-6-5-7-9-13/h5-9,12,14,16H,10-11H2,1-4H3. The fourth-order valence-electron chi connectivity index (χ4n) is 1.99. The SMILES string of the molecule is CC(O)C(CSCc1ccccc1)C(C)(C)C. The molecule has 0 aliphatic heterocycles. The summed E-state index contributed by atoms with van der Waals surface area (Å²) in [6.07, 6.45) is -0.238. The molecule has 0 amide bonds. The molecule has 2 heteroatoms. The molecule has 1 rings (SSSR count). The number of hydrogen-bond acceptors (Lipinski definition) is 2. The molecule has 0 fully saturated rings. The summed E-state index contributed by atoms with van der Waals surface area (Å²) in [7, 11) is 0. The Hall–Kier alpha value is -0.470. The zero-order valence-electron chi connectivity index (χ0n) is 11.3. The van der Waals surface area contributed by atoms with Gasteiger partial charge in [0.1, 0.15) is 0 Å². The Morgan fingerprint density at radius 2 is 1.76 bits per heavy atom. The molecule has 2 unspecified atom stereocenters. The van der Waals surface area contributed by atoms with Crippen LogP contribution in [-0.2, 0) is 5.75 Å². The lowest BCUT2D eigenvalue weighted by atomic mass is 9.79. The number of hydrogen-bond donors (Lipinski definition) is 1. The second-order valence-corrected chi connectivity index (χ2v) is 6.74. The Kier molecular flexibility index (Phi) is 5.54. The van der Waals surface area contributed by atoms with Crippen LogP contribution in [0.15, 0.2) is 30.3 Å². The molecule has 0 radical (unpaired) electrons. The molecule has 0 bridgehead atoms. The predicted molar refractivity (Wildman–Crippen MR) is 77.2 cm³/mol. The van der Waals surface area contributed by atoms with Gasteiger partial charge >= 0.3 is 0 Å². The highest BCUT2D eigenvalue weighted by atomic mass is 32.2. The summed E-state index contributed by atoms with van der Waals surface area (Å²) in [5, 5.41) is 9.83. The number of aliphatic hydroxyl groups is 1. The molecule has 1 N–H and O–H groups in total. The first kappa shape index (κ1) is 14.6. The van der Waals surface area contributed by atoms with Crippen molar-refractivity contribution < 1.29 is 5.11 Å². The fraction of sp³-hybridized carbons (Fsp3) is 0.600. The summed E-state index contributed by atoms with van der Waals surface area (Å²) in [5.41, 5.74) is 1.52. The van der Waals surface area contributed by atoms with Crippen molar-refractivity contribution in [2.24, 2.45) is 11.3 Å². The highest BCUT2D eigenvalue weighted by Crippen LogP contribution is 2.32. The Morgan fingerprint density at radius 3 is 2.24 bits per heavy atom. The molecule has 0 spiro atoms. The minimum atomic E-state index is -0.238. The molecule has 0 heterocycles. The third-order valence-electron chi connectivity index (χ3n) is 3.10. The van der Waals surface area contributed by atoms with Crippen molar-refractivity contribution in [1.29, 1.82) is 0 Å². The molecule has 0 aliphatic carbocycles. The van der Waals surface area contributed by atoms with E-state index in [1.165, 1.54) is 5.56 Å². The van der Waals surface area contributed by atoms with Crippen LogP contribution in [0.25, 0.3) is 0 Å². The molecule has 1 aromatic rings. The van der Waals surface area contributed by atoms with Crippen molar-refractivity contribution in [3.8, 4) is 0 Å². The number of thioether (sulfide) groups is 1. The summed E-state index contributed by atoms with van der Waals surface area (Å²) < 4.78 is 0. The van der Waals surface area contributed by atoms with E-state index in [0.717, 1.165) is 11.5 Å². The second-order valence-electron chi connectivity index (χ2n) is 5.71. The predicted octanol–water partition coefficient (Wildman–Crippen LogP) is 3.96. The van der Waals surface area contributed by atoms with E-state index < -0.39 is 0 Å². The van der Waals surface area contributed by atoms with Crippen molar-refractivity contribution in [2.45, 2.75) is 39.6 Å². The maximum absolute atomic E-state index is 9.83. The second kappa shape index (κ2) is 6.46. The Bertz CT molecular complexity index is 313. The average molecular weight is 252 g/mol. The van der Waals surface area contributed by atoms with Crippen LogP contribution in [0.5, 0.6) is 0 Å². The largest absolute Gasteiger partial charge is 0.393 e. The highest BCUT2D eigenvalue weighted by molar-refractivity contribution is 7.98. The molecule has 1 aromatic carbocycles. The van der Waals surface area contributed by atoms with E-state index >= 15 is 0 Å². The summed E-state index contributed by atoms with van der Waals surface area (Å²) in [6, 6.07) is 10.5.